The lowest BCUT2D eigenvalue weighted by Gasteiger charge is -2.27. The molecule has 1 aromatic rings. The zero-order chi connectivity index (χ0) is 13.2. The fourth-order valence-corrected chi connectivity index (χ4v) is 3.47. The Kier molecular flexibility index (Phi) is 4.04. The van der Waals surface area contributed by atoms with Crippen molar-refractivity contribution in [2.75, 3.05) is 6.61 Å². The van der Waals surface area contributed by atoms with Gasteiger partial charge in [0.2, 0.25) is 0 Å². The summed E-state index contributed by atoms with van der Waals surface area (Å²) in [4.78, 5) is 9.31. The van der Waals surface area contributed by atoms with Gasteiger partial charge >= 0.3 is 0 Å². The van der Waals surface area contributed by atoms with Crippen molar-refractivity contribution in [2.24, 2.45) is 5.92 Å². The lowest BCUT2D eigenvalue weighted by Crippen LogP contribution is -2.19. The number of hydrogen-bond donors (Lipinski definition) is 0. The molecule has 2 aliphatic rings. The second-order valence-electron chi connectivity index (χ2n) is 5.73. The van der Waals surface area contributed by atoms with Gasteiger partial charge in [-0.05, 0) is 31.6 Å². The van der Waals surface area contributed by atoms with Crippen LogP contribution in [0.3, 0.4) is 0 Å². The first kappa shape index (κ1) is 13.3. The van der Waals surface area contributed by atoms with Crippen LogP contribution in [0.2, 0.25) is 5.15 Å². The van der Waals surface area contributed by atoms with Crippen LogP contribution in [0.15, 0.2) is 0 Å². The molecule has 3 nitrogen and oxygen atoms in total. The van der Waals surface area contributed by atoms with Crippen LogP contribution in [0.4, 0.5) is 0 Å². The predicted molar refractivity (Wildman–Crippen MR) is 75.4 cm³/mol. The molecule has 4 heteroatoms. The summed E-state index contributed by atoms with van der Waals surface area (Å²) in [5.41, 5.74) is 2.11. The highest BCUT2D eigenvalue weighted by Gasteiger charge is 2.25. The van der Waals surface area contributed by atoms with Gasteiger partial charge in [0.25, 0.3) is 0 Å². The van der Waals surface area contributed by atoms with E-state index < -0.39 is 0 Å². The number of halogens is 1. The smallest absolute Gasteiger partial charge is 0.138 e. The highest BCUT2D eigenvalue weighted by molar-refractivity contribution is 6.30. The summed E-state index contributed by atoms with van der Waals surface area (Å²) in [7, 11) is 0. The third-order valence-corrected chi connectivity index (χ3v) is 4.89. The van der Waals surface area contributed by atoms with Crippen molar-refractivity contribution in [1.82, 2.24) is 9.97 Å². The molecule has 0 bridgehead atoms. The Bertz CT molecular complexity index is 456. The van der Waals surface area contributed by atoms with Crippen molar-refractivity contribution in [3.8, 4) is 0 Å². The Balaban J connectivity index is 1.80. The minimum absolute atomic E-state index is 0.508. The molecule has 2 heterocycles. The molecule has 0 N–H and O–H groups in total. The third kappa shape index (κ3) is 2.77. The molecule has 0 unspecified atom stereocenters. The highest BCUT2D eigenvalue weighted by atomic mass is 35.5. The first-order valence-corrected chi connectivity index (χ1v) is 7.78. The average Bonchev–Trinajstić information content (AvgIpc) is 2.47. The second kappa shape index (κ2) is 5.76. The topological polar surface area (TPSA) is 35.0 Å². The summed E-state index contributed by atoms with van der Waals surface area (Å²) in [6, 6.07) is 0. The summed E-state index contributed by atoms with van der Waals surface area (Å²) in [6.45, 7) is 3.61. The van der Waals surface area contributed by atoms with Gasteiger partial charge in [0.15, 0.2) is 0 Å². The predicted octanol–water partition coefficient (Wildman–Crippen LogP) is 3.89. The summed E-state index contributed by atoms with van der Waals surface area (Å²) < 4.78 is 5.43. The maximum absolute atomic E-state index is 6.29. The van der Waals surface area contributed by atoms with Crippen molar-refractivity contribution >= 4 is 11.6 Å². The molecule has 0 spiro atoms. The van der Waals surface area contributed by atoms with Crippen molar-refractivity contribution in [3.05, 3.63) is 22.2 Å². The van der Waals surface area contributed by atoms with Crippen LogP contribution in [0.25, 0.3) is 0 Å². The lowest BCUT2D eigenvalue weighted by molar-refractivity contribution is 0.108. The minimum Gasteiger partial charge on any atom is -0.376 e. The van der Waals surface area contributed by atoms with E-state index in [2.05, 4.69) is 11.9 Å². The molecule has 1 aromatic heterocycles. The molecule has 1 aliphatic carbocycles. The number of rotatable bonds is 2. The van der Waals surface area contributed by atoms with Gasteiger partial charge in [-0.2, -0.15) is 0 Å². The Labute approximate surface area is 119 Å². The van der Waals surface area contributed by atoms with Crippen LogP contribution in [0.1, 0.15) is 62.0 Å². The maximum Gasteiger partial charge on any atom is 0.138 e. The summed E-state index contributed by atoms with van der Waals surface area (Å²) in [6.07, 6.45) is 7.21. The monoisotopic (exact) mass is 280 g/mol. The van der Waals surface area contributed by atoms with E-state index in [0.717, 1.165) is 36.0 Å². The van der Waals surface area contributed by atoms with Gasteiger partial charge in [-0.1, -0.05) is 24.9 Å². The molecule has 19 heavy (non-hydrogen) atoms. The fourth-order valence-electron chi connectivity index (χ4n) is 3.22. The van der Waals surface area contributed by atoms with E-state index in [4.69, 9.17) is 21.3 Å². The standard InChI is InChI=1S/C15H21ClN2O/c1-2-10-3-5-11(6-4-10)15-17-13-7-8-19-9-12(13)14(16)18-15/h10-11H,2-9H2,1H3. The normalized spacial score (nSPS) is 27.1. The third-order valence-electron chi connectivity index (χ3n) is 4.58. The molecular formula is C15H21ClN2O. The second-order valence-corrected chi connectivity index (χ2v) is 6.08. The van der Waals surface area contributed by atoms with E-state index in [0.29, 0.717) is 17.7 Å². The van der Waals surface area contributed by atoms with E-state index >= 15 is 0 Å². The molecule has 1 saturated carbocycles. The zero-order valence-corrected chi connectivity index (χ0v) is 12.2. The quantitative estimate of drug-likeness (QED) is 0.771. The molecule has 104 valence electrons. The van der Waals surface area contributed by atoms with Crippen molar-refractivity contribution in [1.29, 1.82) is 0 Å². The molecule has 1 fully saturated rings. The van der Waals surface area contributed by atoms with Gasteiger partial charge in [-0.3, -0.25) is 0 Å². The molecule has 1 aliphatic heterocycles. The van der Waals surface area contributed by atoms with Crippen LogP contribution < -0.4 is 0 Å². The lowest BCUT2D eigenvalue weighted by atomic mass is 9.80. The largest absolute Gasteiger partial charge is 0.376 e. The van der Waals surface area contributed by atoms with Crippen molar-refractivity contribution in [2.45, 2.75) is 58.0 Å². The summed E-state index contributed by atoms with van der Waals surface area (Å²) >= 11 is 6.29. The number of ether oxygens (including phenoxy) is 1. The SMILES string of the molecule is CCC1CCC(c2nc(Cl)c3c(n2)CCOC3)CC1. The minimum atomic E-state index is 0.508. The number of hydrogen-bond acceptors (Lipinski definition) is 3. The zero-order valence-electron chi connectivity index (χ0n) is 11.5. The first-order valence-electron chi connectivity index (χ1n) is 7.40. The van der Waals surface area contributed by atoms with E-state index in [1.165, 1.54) is 32.1 Å². The number of nitrogens with zero attached hydrogens (tertiary/aromatic N) is 2. The fraction of sp³-hybridized carbons (Fsp3) is 0.733. The molecule has 0 radical (unpaired) electrons. The van der Waals surface area contributed by atoms with Gasteiger partial charge in [0.05, 0.1) is 18.9 Å². The van der Waals surface area contributed by atoms with Gasteiger partial charge in [-0.15, -0.1) is 0 Å². The van der Waals surface area contributed by atoms with Crippen LogP contribution in [-0.4, -0.2) is 16.6 Å². The van der Waals surface area contributed by atoms with Crippen LogP contribution in [-0.2, 0) is 17.8 Å². The summed E-state index contributed by atoms with van der Waals surface area (Å²) in [5, 5.41) is 0.609. The summed E-state index contributed by atoms with van der Waals surface area (Å²) in [5.74, 6) is 2.38. The van der Waals surface area contributed by atoms with E-state index in [9.17, 15) is 0 Å². The van der Waals surface area contributed by atoms with Crippen LogP contribution in [0, 0.1) is 5.92 Å². The molecule has 0 saturated heterocycles. The van der Waals surface area contributed by atoms with E-state index in [-0.39, 0.29) is 0 Å². The molecule has 0 aromatic carbocycles. The molecule has 0 amide bonds. The van der Waals surface area contributed by atoms with Gasteiger partial charge in [-0.25, -0.2) is 9.97 Å². The molecular weight excluding hydrogens is 260 g/mol. The van der Waals surface area contributed by atoms with Crippen molar-refractivity contribution < 1.29 is 4.74 Å². The Morgan fingerprint density at radius 1 is 1.21 bits per heavy atom. The van der Waals surface area contributed by atoms with Crippen LogP contribution >= 0.6 is 11.6 Å². The van der Waals surface area contributed by atoms with E-state index in [1.54, 1.807) is 0 Å². The average molecular weight is 281 g/mol. The van der Waals surface area contributed by atoms with E-state index in [1.807, 2.05) is 0 Å². The Hall–Kier alpha value is -0.670. The van der Waals surface area contributed by atoms with Gasteiger partial charge < -0.3 is 4.74 Å². The number of fused-ring (bicyclic) bond motifs is 1. The van der Waals surface area contributed by atoms with Crippen molar-refractivity contribution in [3.63, 3.8) is 0 Å². The highest BCUT2D eigenvalue weighted by Crippen LogP contribution is 2.36. The van der Waals surface area contributed by atoms with Gasteiger partial charge in [0, 0.05) is 17.9 Å². The molecule has 0 atom stereocenters. The Morgan fingerprint density at radius 3 is 2.74 bits per heavy atom. The molecule has 3 rings (SSSR count). The first-order chi connectivity index (χ1) is 9.28. The maximum atomic E-state index is 6.29. The van der Waals surface area contributed by atoms with Crippen LogP contribution in [0.5, 0.6) is 0 Å². The van der Waals surface area contributed by atoms with Gasteiger partial charge in [0.1, 0.15) is 11.0 Å². The number of aromatic nitrogens is 2. The Morgan fingerprint density at radius 2 is 2.00 bits per heavy atom.